The van der Waals surface area contributed by atoms with Gasteiger partial charge in [0.1, 0.15) is 0 Å². The van der Waals surface area contributed by atoms with Crippen LogP contribution in [0.15, 0.2) is 0 Å². The van der Waals surface area contributed by atoms with Crippen molar-refractivity contribution in [3.63, 3.8) is 0 Å². The first-order valence-corrected chi connectivity index (χ1v) is 6.90. The summed E-state index contributed by atoms with van der Waals surface area (Å²) in [6.45, 7) is 2.62. The fraction of sp³-hybridized carbons (Fsp3) is 0.571. The second-order valence-electron chi connectivity index (χ2n) is 3.08. The number of nitrogens with zero attached hydrogens (tertiary/aromatic N) is 3. The molecule has 8 nitrogen and oxygen atoms in total. The predicted molar refractivity (Wildman–Crippen MR) is 65.5 cm³/mol. The Morgan fingerprint density at radius 3 is 2.35 bits per heavy atom. The Bertz CT molecular complexity index is 479. The van der Waals surface area contributed by atoms with Crippen molar-refractivity contribution in [1.29, 1.82) is 0 Å². The fourth-order valence-electron chi connectivity index (χ4n) is 0.971. The molecule has 0 spiro atoms. The van der Waals surface area contributed by atoms with Gasteiger partial charge in [-0.2, -0.15) is 15.0 Å². The van der Waals surface area contributed by atoms with Gasteiger partial charge in [0.05, 0.1) is 5.75 Å². The van der Waals surface area contributed by atoms with Crippen LogP contribution in [0.1, 0.15) is 6.92 Å². The lowest BCUT2D eigenvalue weighted by Crippen LogP contribution is -2.23. The number of hydrogen-bond donors (Lipinski definition) is 3. The van der Waals surface area contributed by atoms with Crippen LogP contribution in [0.5, 0.6) is 0 Å². The van der Waals surface area contributed by atoms with Crippen LogP contribution in [0.4, 0.5) is 11.9 Å². The van der Waals surface area contributed by atoms with E-state index in [-0.39, 0.29) is 23.5 Å². The van der Waals surface area contributed by atoms with E-state index >= 15 is 0 Å². The Labute approximate surface area is 104 Å². The number of anilines is 2. The second kappa shape index (κ2) is 5.94. The van der Waals surface area contributed by atoms with Crippen LogP contribution in [0, 0.1) is 0 Å². The van der Waals surface area contributed by atoms with Crippen molar-refractivity contribution in [3.8, 4) is 0 Å². The first-order chi connectivity index (χ1) is 7.90. The molecule has 1 aromatic heterocycles. The summed E-state index contributed by atoms with van der Waals surface area (Å²) in [7, 11) is -3.51. The maximum atomic E-state index is 10.7. The van der Waals surface area contributed by atoms with Gasteiger partial charge in [0.2, 0.25) is 27.2 Å². The Hall–Kier alpha value is -1.19. The Morgan fingerprint density at radius 1 is 1.24 bits per heavy atom. The van der Waals surface area contributed by atoms with E-state index in [1.165, 1.54) is 0 Å². The molecule has 1 rings (SSSR count). The van der Waals surface area contributed by atoms with Crippen molar-refractivity contribution in [3.05, 3.63) is 5.28 Å². The molecule has 0 fully saturated rings. The Morgan fingerprint density at radius 2 is 1.82 bits per heavy atom. The van der Waals surface area contributed by atoms with E-state index in [4.69, 9.17) is 16.7 Å². The molecule has 0 aliphatic carbocycles. The third-order valence-electron chi connectivity index (χ3n) is 1.61. The summed E-state index contributed by atoms with van der Waals surface area (Å²) >= 11 is 5.67. The van der Waals surface area contributed by atoms with Gasteiger partial charge < -0.3 is 10.6 Å². The third kappa shape index (κ3) is 5.61. The van der Waals surface area contributed by atoms with Crippen LogP contribution in [0.3, 0.4) is 0 Å². The van der Waals surface area contributed by atoms with E-state index in [9.17, 15) is 8.42 Å². The summed E-state index contributed by atoms with van der Waals surface area (Å²) in [5.74, 6) is 0.308. The van der Waals surface area contributed by atoms with Gasteiger partial charge in [-0.25, -0.2) is 13.6 Å². The SMILES string of the molecule is CCNc1nc(Cl)nc(NCCS(N)(=O)=O)n1. The van der Waals surface area contributed by atoms with E-state index < -0.39 is 10.0 Å². The summed E-state index contributed by atoms with van der Waals surface area (Å²) in [4.78, 5) is 11.6. The molecular formula is C7H13ClN6O2S. The highest BCUT2D eigenvalue weighted by Gasteiger charge is 2.06. The number of primary sulfonamides is 1. The molecule has 1 aromatic rings. The van der Waals surface area contributed by atoms with Crippen molar-refractivity contribution < 1.29 is 8.42 Å². The maximum absolute atomic E-state index is 10.7. The van der Waals surface area contributed by atoms with Crippen LogP contribution in [-0.2, 0) is 10.0 Å². The molecule has 10 heteroatoms. The first-order valence-electron chi connectivity index (χ1n) is 4.80. The van der Waals surface area contributed by atoms with Crippen molar-refractivity contribution in [1.82, 2.24) is 15.0 Å². The fourth-order valence-corrected chi connectivity index (χ4v) is 1.52. The monoisotopic (exact) mass is 280 g/mol. The van der Waals surface area contributed by atoms with Gasteiger partial charge in [-0.1, -0.05) is 0 Å². The van der Waals surface area contributed by atoms with E-state index in [1.807, 2.05) is 6.92 Å². The van der Waals surface area contributed by atoms with Crippen LogP contribution in [-0.4, -0.2) is 42.2 Å². The van der Waals surface area contributed by atoms with Gasteiger partial charge in [0, 0.05) is 13.1 Å². The lowest BCUT2D eigenvalue weighted by atomic mass is 10.7. The standard InChI is InChI=1S/C7H13ClN6O2S/c1-2-10-6-12-5(8)13-7(14-6)11-3-4-17(9,15)16/h2-4H2,1H3,(H2,9,15,16)(H2,10,11,12,13,14). The number of rotatable bonds is 6. The van der Waals surface area contributed by atoms with E-state index in [0.717, 1.165) is 0 Å². The van der Waals surface area contributed by atoms with Gasteiger partial charge in [0.25, 0.3) is 0 Å². The summed E-state index contributed by atoms with van der Waals surface area (Å²) in [5.41, 5.74) is 0. The molecule has 0 bridgehead atoms. The van der Waals surface area contributed by atoms with Gasteiger partial charge in [-0.15, -0.1) is 0 Å². The minimum absolute atomic E-state index is 0.0223. The molecule has 96 valence electrons. The molecule has 1 heterocycles. The lowest BCUT2D eigenvalue weighted by molar-refractivity contribution is 0.598. The quantitative estimate of drug-likeness (QED) is 0.651. The first kappa shape index (κ1) is 13.9. The van der Waals surface area contributed by atoms with E-state index in [1.54, 1.807) is 0 Å². The number of halogens is 1. The topological polar surface area (TPSA) is 123 Å². The summed E-state index contributed by atoms with van der Waals surface area (Å²) in [5, 5.41) is 10.4. The molecule has 4 N–H and O–H groups in total. The molecule has 0 amide bonds. The highest BCUT2D eigenvalue weighted by molar-refractivity contribution is 7.89. The number of aromatic nitrogens is 3. The second-order valence-corrected chi connectivity index (χ2v) is 5.15. The number of sulfonamides is 1. The van der Waals surface area contributed by atoms with Gasteiger partial charge in [-0.05, 0) is 18.5 Å². The predicted octanol–water partition coefficient (Wildman–Crippen LogP) is -0.343. The molecule has 17 heavy (non-hydrogen) atoms. The lowest BCUT2D eigenvalue weighted by Gasteiger charge is -2.06. The highest BCUT2D eigenvalue weighted by Crippen LogP contribution is 2.08. The van der Waals surface area contributed by atoms with Gasteiger partial charge in [0.15, 0.2) is 0 Å². The summed E-state index contributed by atoms with van der Waals surface area (Å²) in [6, 6.07) is 0. The molecule has 0 unspecified atom stereocenters. The van der Waals surface area contributed by atoms with Crippen LogP contribution >= 0.6 is 11.6 Å². The zero-order chi connectivity index (χ0) is 12.9. The van der Waals surface area contributed by atoms with Gasteiger partial charge in [-0.3, -0.25) is 0 Å². The smallest absolute Gasteiger partial charge is 0.228 e. The van der Waals surface area contributed by atoms with Crippen molar-refractivity contribution in [2.75, 3.05) is 29.5 Å². The molecule has 0 atom stereocenters. The zero-order valence-corrected chi connectivity index (χ0v) is 10.7. The number of nitrogens with one attached hydrogen (secondary N) is 2. The molecule has 0 radical (unpaired) electrons. The van der Waals surface area contributed by atoms with Crippen molar-refractivity contribution >= 4 is 33.5 Å². The molecule has 0 aromatic carbocycles. The largest absolute Gasteiger partial charge is 0.354 e. The number of nitrogens with two attached hydrogens (primary N) is 1. The van der Waals surface area contributed by atoms with Crippen molar-refractivity contribution in [2.45, 2.75) is 6.92 Å². The average molecular weight is 281 g/mol. The third-order valence-corrected chi connectivity index (χ3v) is 2.55. The molecule has 0 saturated heterocycles. The maximum Gasteiger partial charge on any atom is 0.228 e. The van der Waals surface area contributed by atoms with Crippen LogP contribution < -0.4 is 15.8 Å². The Kier molecular flexibility index (Phi) is 4.85. The van der Waals surface area contributed by atoms with Gasteiger partial charge >= 0.3 is 0 Å². The van der Waals surface area contributed by atoms with Crippen molar-refractivity contribution in [2.24, 2.45) is 5.14 Å². The summed E-state index contributed by atoms with van der Waals surface area (Å²) < 4.78 is 21.4. The van der Waals surface area contributed by atoms with Crippen LogP contribution in [0.25, 0.3) is 0 Å². The number of hydrogen-bond acceptors (Lipinski definition) is 7. The van der Waals surface area contributed by atoms with Crippen LogP contribution in [0.2, 0.25) is 5.28 Å². The van der Waals surface area contributed by atoms with E-state index in [2.05, 4.69) is 25.6 Å². The molecule has 0 saturated carbocycles. The zero-order valence-electron chi connectivity index (χ0n) is 9.14. The van der Waals surface area contributed by atoms with E-state index in [0.29, 0.717) is 12.5 Å². The normalized spacial score (nSPS) is 11.2. The molecule has 0 aliphatic rings. The molecule has 0 aliphatic heterocycles. The molecular weight excluding hydrogens is 268 g/mol. The minimum Gasteiger partial charge on any atom is -0.354 e. The highest BCUT2D eigenvalue weighted by atomic mass is 35.5. The Balaban J connectivity index is 2.64. The minimum atomic E-state index is -3.51. The average Bonchev–Trinajstić information content (AvgIpc) is 2.15. The summed E-state index contributed by atoms with van der Waals surface area (Å²) in [6.07, 6.45) is 0.